The molecule has 3 rings (SSSR count). The summed E-state index contributed by atoms with van der Waals surface area (Å²) in [5.74, 6) is 2.82. The Morgan fingerprint density at radius 2 is 2.12 bits per heavy atom. The molecule has 0 aliphatic carbocycles. The van der Waals surface area contributed by atoms with Crippen LogP contribution in [0.25, 0.3) is 0 Å². The zero-order valence-electron chi connectivity index (χ0n) is 14.2. The first-order chi connectivity index (χ1) is 12.1. The Morgan fingerprint density at radius 3 is 2.80 bits per heavy atom. The first kappa shape index (κ1) is 17.4. The molecular weight excluding hydrogens is 319 g/mol. The van der Waals surface area contributed by atoms with E-state index < -0.39 is 5.66 Å². The molecule has 2 heterocycles. The van der Waals surface area contributed by atoms with Gasteiger partial charge in [-0.25, -0.2) is 4.39 Å². The third kappa shape index (κ3) is 4.79. The van der Waals surface area contributed by atoms with E-state index >= 15 is 0 Å². The van der Waals surface area contributed by atoms with E-state index in [9.17, 15) is 9.18 Å². The molecule has 6 heteroatoms. The van der Waals surface area contributed by atoms with E-state index in [0.29, 0.717) is 31.7 Å². The molecule has 5 nitrogen and oxygen atoms in total. The van der Waals surface area contributed by atoms with E-state index in [4.69, 9.17) is 6.42 Å². The number of terminal acetylenes is 1. The highest BCUT2D eigenvalue weighted by Crippen LogP contribution is 2.37. The van der Waals surface area contributed by atoms with Crippen LogP contribution in [-0.2, 0) is 4.79 Å². The normalized spacial score (nSPS) is 20.3. The van der Waals surface area contributed by atoms with Gasteiger partial charge < -0.3 is 10.2 Å². The maximum atomic E-state index is 13.0. The van der Waals surface area contributed by atoms with Crippen molar-refractivity contribution in [1.82, 2.24) is 5.32 Å². The first-order valence-electron chi connectivity index (χ1n) is 8.75. The average molecular weight is 342 g/mol. The molecule has 2 aliphatic rings. The molecule has 25 heavy (non-hydrogen) atoms. The Morgan fingerprint density at radius 1 is 1.36 bits per heavy atom. The lowest BCUT2D eigenvalue weighted by atomic mass is 10.0. The van der Waals surface area contributed by atoms with Crippen LogP contribution in [0.2, 0.25) is 0 Å². The topological polar surface area (TPSA) is 57.1 Å². The lowest BCUT2D eigenvalue weighted by molar-refractivity contribution is -0.121. The van der Waals surface area contributed by atoms with Gasteiger partial charge in [0.2, 0.25) is 5.91 Å². The zero-order valence-corrected chi connectivity index (χ0v) is 14.2. The molecule has 1 fully saturated rings. The zero-order chi connectivity index (χ0) is 17.7. The number of anilines is 1. The van der Waals surface area contributed by atoms with E-state index in [1.165, 1.54) is 12.1 Å². The number of benzene rings is 1. The molecule has 0 bridgehead atoms. The van der Waals surface area contributed by atoms with Crippen LogP contribution in [0, 0.1) is 24.1 Å². The number of nitrogens with one attached hydrogen (secondary N) is 1. The number of hydrogen-bond donors (Lipinski definition) is 1. The number of amides is 1. The highest BCUT2D eigenvalue weighted by atomic mass is 19.1. The number of rotatable bonds is 8. The Labute approximate surface area is 147 Å². The predicted octanol–water partition coefficient (Wildman–Crippen LogP) is 3.12. The number of nitrogens with zero attached hydrogens (tertiary/aromatic N) is 3. The minimum Gasteiger partial charge on any atom is -0.371 e. The highest BCUT2D eigenvalue weighted by molar-refractivity contribution is 5.76. The monoisotopic (exact) mass is 342 g/mol. The Bertz CT molecular complexity index is 674. The van der Waals surface area contributed by atoms with Crippen LogP contribution in [0.15, 0.2) is 34.5 Å². The van der Waals surface area contributed by atoms with Crippen LogP contribution in [0.3, 0.4) is 0 Å². The summed E-state index contributed by atoms with van der Waals surface area (Å²) < 4.78 is 13.0. The SMILES string of the molecule is C#CCCC1(CCC(=O)NCC2CCN(c3ccc(F)cc3)C2)N=N1. The summed E-state index contributed by atoms with van der Waals surface area (Å²) in [6.45, 7) is 2.48. The molecule has 1 N–H and O–H groups in total. The molecule has 2 aliphatic heterocycles. The van der Waals surface area contributed by atoms with E-state index in [1.807, 2.05) is 0 Å². The van der Waals surface area contributed by atoms with Gasteiger partial charge in [-0.15, -0.1) is 12.3 Å². The first-order valence-corrected chi connectivity index (χ1v) is 8.75. The molecule has 0 aromatic heterocycles. The standard InChI is InChI=1S/C19H23FN4O/c1-2-3-10-19(22-23-19)11-8-18(25)21-13-15-9-12-24(14-15)17-6-4-16(20)5-7-17/h1,4-7,15H,3,8-14H2,(H,21,25). The fraction of sp³-hybridized carbons (Fsp3) is 0.526. The van der Waals surface area contributed by atoms with Crippen LogP contribution >= 0.6 is 0 Å². The minimum absolute atomic E-state index is 0.0395. The number of hydrogen-bond acceptors (Lipinski definition) is 4. The maximum Gasteiger partial charge on any atom is 0.220 e. The third-order valence-electron chi connectivity index (χ3n) is 4.87. The second-order valence-corrected chi connectivity index (χ2v) is 6.77. The molecule has 1 aromatic carbocycles. The van der Waals surface area contributed by atoms with Crippen LogP contribution in [0.1, 0.15) is 32.1 Å². The quantitative estimate of drug-likeness (QED) is 0.738. The third-order valence-corrected chi connectivity index (χ3v) is 4.87. The number of halogens is 1. The van der Waals surface area contributed by atoms with Gasteiger partial charge in [-0.05, 0) is 36.6 Å². The highest BCUT2D eigenvalue weighted by Gasteiger charge is 2.39. The molecular formula is C19H23FN4O. The largest absolute Gasteiger partial charge is 0.371 e. The van der Waals surface area contributed by atoms with Gasteiger partial charge in [0, 0.05) is 51.0 Å². The predicted molar refractivity (Wildman–Crippen MR) is 94.6 cm³/mol. The molecule has 132 valence electrons. The van der Waals surface area contributed by atoms with Gasteiger partial charge in [-0.2, -0.15) is 10.2 Å². The summed E-state index contributed by atoms with van der Waals surface area (Å²) in [7, 11) is 0. The van der Waals surface area contributed by atoms with Crippen molar-refractivity contribution >= 4 is 11.6 Å². The summed E-state index contributed by atoms with van der Waals surface area (Å²) in [5.41, 5.74) is 0.638. The molecule has 1 aromatic rings. The second kappa shape index (κ2) is 7.64. The van der Waals surface area contributed by atoms with Crippen LogP contribution in [0.4, 0.5) is 10.1 Å². The summed E-state index contributed by atoms with van der Waals surface area (Å²) in [6, 6.07) is 6.56. The Kier molecular flexibility index (Phi) is 5.32. The van der Waals surface area contributed by atoms with Gasteiger partial charge >= 0.3 is 0 Å². The minimum atomic E-state index is -0.392. The Hall–Kier alpha value is -2.42. The second-order valence-electron chi connectivity index (χ2n) is 6.77. The molecule has 1 amide bonds. The van der Waals surface area contributed by atoms with Crippen molar-refractivity contribution in [1.29, 1.82) is 0 Å². The van der Waals surface area contributed by atoms with Gasteiger partial charge in [-0.3, -0.25) is 4.79 Å². The van der Waals surface area contributed by atoms with E-state index in [1.54, 1.807) is 12.1 Å². The van der Waals surface area contributed by atoms with Crippen LogP contribution in [0.5, 0.6) is 0 Å². The smallest absolute Gasteiger partial charge is 0.220 e. The molecule has 0 spiro atoms. The van der Waals surface area contributed by atoms with Crippen molar-refractivity contribution in [2.24, 2.45) is 16.1 Å². The fourth-order valence-electron chi connectivity index (χ4n) is 3.21. The number of carbonyl (C=O) groups is 1. The van der Waals surface area contributed by atoms with Gasteiger partial charge in [0.25, 0.3) is 0 Å². The van der Waals surface area contributed by atoms with Crippen molar-refractivity contribution in [3.05, 3.63) is 30.1 Å². The molecule has 0 saturated carbocycles. The lowest BCUT2D eigenvalue weighted by Crippen LogP contribution is -2.31. The van der Waals surface area contributed by atoms with Crippen molar-refractivity contribution in [3.8, 4) is 12.3 Å². The van der Waals surface area contributed by atoms with E-state index in [2.05, 4.69) is 26.4 Å². The van der Waals surface area contributed by atoms with E-state index in [-0.39, 0.29) is 11.7 Å². The van der Waals surface area contributed by atoms with Gasteiger partial charge in [0.15, 0.2) is 5.66 Å². The van der Waals surface area contributed by atoms with Gasteiger partial charge in [-0.1, -0.05) is 0 Å². The van der Waals surface area contributed by atoms with Crippen molar-refractivity contribution in [2.75, 3.05) is 24.5 Å². The Balaban J connectivity index is 1.36. The van der Waals surface area contributed by atoms with Crippen molar-refractivity contribution in [2.45, 2.75) is 37.8 Å². The van der Waals surface area contributed by atoms with Gasteiger partial charge in [0.1, 0.15) is 5.82 Å². The summed E-state index contributed by atoms with van der Waals surface area (Å²) in [5, 5.41) is 11.1. The molecule has 1 unspecified atom stereocenters. The average Bonchev–Trinajstić information content (AvgIpc) is 3.24. The van der Waals surface area contributed by atoms with E-state index in [0.717, 1.165) is 31.6 Å². The van der Waals surface area contributed by atoms with Crippen LogP contribution < -0.4 is 10.2 Å². The van der Waals surface area contributed by atoms with Gasteiger partial charge in [0.05, 0.1) is 0 Å². The fourth-order valence-corrected chi connectivity index (χ4v) is 3.21. The van der Waals surface area contributed by atoms with Crippen LogP contribution in [-0.4, -0.2) is 31.2 Å². The summed E-state index contributed by atoms with van der Waals surface area (Å²) >= 11 is 0. The summed E-state index contributed by atoms with van der Waals surface area (Å²) in [4.78, 5) is 14.3. The molecule has 0 radical (unpaired) electrons. The lowest BCUT2D eigenvalue weighted by Gasteiger charge is -2.19. The van der Waals surface area contributed by atoms with Crippen molar-refractivity contribution < 1.29 is 9.18 Å². The molecule has 1 atom stereocenters. The summed E-state index contributed by atoms with van der Waals surface area (Å²) in [6.07, 6.45) is 8.70. The molecule has 1 saturated heterocycles. The van der Waals surface area contributed by atoms with Crippen molar-refractivity contribution in [3.63, 3.8) is 0 Å². The number of carbonyl (C=O) groups excluding carboxylic acids is 1. The maximum absolute atomic E-state index is 13.0.